The monoisotopic (exact) mass is 259 g/mol. The Morgan fingerprint density at radius 2 is 1.89 bits per heavy atom. The van der Waals surface area contributed by atoms with Gasteiger partial charge in [0, 0.05) is 13.1 Å². The molecule has 2 aromatic rings. The molecule has 2 aromatic carbocycles. The van der Waals surface area contributed by atoms with Crippen LogP contribution in [0.3, 0.4) is 0 Å². The van der Waals surface area contributed by atoms with Crippen molar-refractivity contribution in [1.82, 2.24) is 5.32 Å². The summed E-state index contributed by atoms with van der Waals surface area (Å²) in [5.74, 6) is -0.288. The number of aryl methyl sites for hydroxylation is 1. The molecule has 0 aliphatic carbocycles. The first-order valence-corrected chi connectivity index (χ1v) is 6.35. The summed E-state index contributed by atoms with van der Waals surface area (Å²) in [7, 11) is 0. The molecule has 3 heteroatoms. The van der Waals surface area contributed by atoms with Gasteiger partial charge in [0.15, 0.2) is 0 Å². The smallest absolute Gasteiger partial charge is 0.123 e. The number of halogens is 1. The molecule has 0 fully saturated rings. The summed E-state index contributed by atoms with van der Waals surface area (Å²) >= 11 is 0. The van der Waals surface area contributed by atoms with Crippen LogP contribution >= 0.6 is 0 Å². The molecule has 19 heavy (non-hydrogen) atoms. The lowest BCUT2D eigenvalue weighted by molar-refractivity contribution is 0.174. The molecule has 2 rings (SSSR count). The molecule has 0 saturated heterocycles. The molecule has 0 amide bonds. The second kappa shape index (κ2) is 6.45. The maximum absolute atomic E-state index is 12.8. The van der Waals surface area contributed by atoms with E-state index >= 15 is 0 Å². The van der Waals surface area contributed by atoms with Crippen LogP contribution in [0.15, 0.2) is 48.5 Å². The van der Waals surface area contributed by atoms with Gasteiger partial charge in [0.05, 0.1) is 6.10 Å². The third-order valence-electron chi connectivity index (χ3n) is 3.00. The first kappa shape index (κ1) is 13.7. The molecule has 0 saturated carbocycles. The fourth-order valence-electron chi connectivity index (χ4n) is 1.98. The van der Waals surface area contributed by atoms with Gasteiger partial charge in [-0.05, 0) is 30.2 Å². The second-order valence-electron chi connectivity index (χ2n) is 4.69. The van der Waals surface area contributed by atoms with Crippen molar-refractivity contribution in [2.75, 3.05) is 6.54 Å². The largest absolute Gasteiger partial charge is 0.387 e. The van der Waals surface area contributed by atoms with Crippen LogP contribution in [0.2, 0.25) is 0 Å². The highest BCUT2D eigenvalue weighted by Gasteiger charge is 2.06. The summed E-state index contributed by atoms with van der Waals surface area (Å²) in [4.78, 5) is 0. The van der Waals surface area contributed by atoms with Gasteiger partial charge >= 0.3 is 0 Å². The number of benzene rings is 2. The van der Waals surface area contributed by atoms with Crippen molar-refractivity contribution in [3.05, 3.63) is 71.0 Å². The van der Waals surface area contributed by atoms with Crippen LogP contribution in [0.5, 0.6) is 0 Å². The van der Waals surface area contributed by atoms with Crippen molar-refractivity contribution in [3.8, 4) is 0 Å². The average Bonchev–Trinajstić information content (AvgIpc) is 2.39. The summed E-state index contributed by atoms with van der Waals surface area (Å²) in [5, 5.41) is 13.2. The van der Waals surface area contributed by atoms with Crippen molar-refractivity contribution in [2.45, 2.75) is 19.6 Å². The van der Waals surface area contributed by atoms with Crippen LogP contribution in [-0.2, 0) is 6.54 Å². The van der Waals surface area contributed by atoms with Crippen molar-refractivity contribution >= 4 is 0 Å². The molecule has 0 heterocycles. The molecule has 0 aliphatic rings. The van der Waals surface area contributed by atoms with E-state index in [-0.39, 0.29) is 5.82 Å². The standard InChI is InChI=1S/C16H18FNO/c1-12-3-2-4-13(9-12)10-18-11-16(19)14-5-7-15(17)8-6-14/h2-9,16,18-19H,10-11H2,1H3. The van der Waals surface area contributed by atoms with Gasteiger partial charge in [-0.3, -0.25) is 0 Å². The molecular formula is C16H18FNO. The highest BCUT2D eigenvalue weighted by Crippen LogP contribution is 2.12. The minimum Gasteiger partial charge on any atom is -0.387 e. The van der Waals surface area contributed by atoms with E-state index in [0.29, 0.717) is 13.1 Å². The Balaban J connectivity index is 1.84. The van der Waals surface area contributed by atoms with Crippen molar-refractivity contribution in [2.24, 2.45) is 0 Å². The Morgan fingerprint density at radius 3 is 2.58 bits per heavy atom. The van der Waals surface area contributed by atoms with Crippen molar-refractivity contribution in [1.29, 1.82) is 0 Å². The molecule has 0 aromatic heterocycles. The summed E-state index contributed by atoms with van der Waals surface area (Å²) in [6.07, 6.45) is -0.620. The first-order chi connectivity index (χ1) is 9.15. The predicted molar refractivity (Wildman–Crippen MR) is 74.2 cm³/mol. The SMILES string of the molecule is Cc1cccc(CNCC(O)c2ccc(F)cc2)c1. The van der Waals surface area contributed by atoms with Crippen LogP contribution in [0.25, 0.3) is 0 Å². The van der Waals surface area contributed by atoms with E-state index in [1.165, 1.54) is 23.3 Å². The summed E-state index contributed by atoms with van der Waals surface area (Å²) in [6.45, 7) is 3.20. The van der Waals surface area contributed by atoms with E-state index in [1.54, 1.807) is 12.1 Å². The van der Waals surface area contributed by atoms with Gasteiger partial charge in [0.1, 0.15) is 5.82 Å². The second-order valence-corrected chi connectivity index (χ2v) is 4.69. The minimum atomic E-state index is -0.620. The predicted octanol–water partition coefficient (Wildman–Crippen LogP) is 2.96. The van der Waals surface area contributed by atoms with E-state index in [0.717, 1.165) is 5.56 Å². The summed E-state index contributed by atoms with van der Waals surface area (Å²) < 4.78 is 12.8. The normalized spacial score (nSPS) is 12.4. The van der Waals surface area contributed by atoms with E-state index < -0.39 is 6.10 Å². The van der Waals surface area contributed by atoms with Gasteiger partial charge in [0.25, 0.3) is 0 Å². The third kappa shape index (κ3) is 4.16. The quantitative estimate of drug-likeness (QED) is 0.865. The van der Waals surface area contributed by atoms with Crippen LogP contribution in [0, 0.1) is 12.7 Å². The van der Waals surface area contributed by atoms with Gasteiger partial charge in [-0.2, -0.15) is 0 Å². The zero-order valence-electron chi connectivity index (χ0n) is 10.9. The van der Waals surface area contributed by atoms with E-state index in [4.69, 9.17) is 0 Å². The van der Waals surface area contributed by atoms with Gasteiger partial charge in [-0.1, -0.05) is 42.0 Å². The number of nitrogens with one attached hydrogen (secondary N) is 1. The number of hydrogen-bond donors (Lipinski definition) is 2. The summed E-state index contributed by atoms with van der Waals surface area (Å²) in [6, 6.07) is 14.2. The molecule has 1 unspecified atom stereocenters. The molecule has 1 atom stereocenters. The average molecular weight is 259 g/mol. The van der Waals surface area contributed by atoms with Crippen molar-refractivity contribution < 1.29 is 9.50 Å². The lowest BCUT2D eigenvalue weighted by Crippen LogP contribution is -2.21. The molecule has 2 N–H and O–H groups in total. The molecule has 0 aliphatic heterocycles. The maximum atomic E-state index is 12.8. The number of rotatable bonds is 5. The number of aliphatic hydroxyl groups excluding tert-OH is 1. The molecule has 100 valence electrons. The number of aliphatic hydroxyl groups is 1. The Morgan fingerprint density at radius 1 is 1.16 bits per heavy atom. The van der Waals surface area contributed by atoms with Gasteiger partial charge < -0.3 is 10.4 Å². The topological polar surface area (TPSA) is 32.3 Å². The Bertz CT molecular complexity index is 525. The lowest BCUT2D eigenvalue weighted by atomic mass is 10.1. The van der Waals surface area contributed by atoms with E-state index in [2.05, 4.69) is 24.4 Å². The zero-order valence-corrected chi connectivity index (χ0v) is 10.9. The third-order valence-corrected chi connectivity index (χ3v) is 3.00. The Hall–Kier alpha value is -1.71. The van der Waals surface area contributed by atoms with E-state index in [9.17, 15) is 9.50 Å². The van der Waals surface area contributed by atoms with Crippen LogP contribution < -0.4 is 5.32 Å². The highest BCUT2D eigenvalue weighted by atomic mass is 19.1. The van der Waals surface area contributed by atoms with Gasteiger partial charge in [-0.15, -0.1) is 0 Å². The van der Waals surface area contributed by atoms with Gasteiger partial charge in [0.2, 0.25) is 0 Å². The minimum absolute atomic E-state index is 0.288. The Labute approximate surface area is 112 Å². The molecule has 0 spiro atoms. The maximum Gasteiger partial charge on any atom is 0.123 e. The summed E-state index contributed by atoms with van der Waals surface area (Å²) in [5.41, 5.74) is 3.13. The lowest BCUT2D eigenvalue weighted by Gasteiger charge is -2.12. The van der Waals surface area contributed by atoms with Crippen LogP contribution in [-0.4, -0.2) is 11.7 Å². The fourth-order valence-corrected chi connectivity index (χ4v) is 1.98. The molecule has 0 radical (unpaired) electrons. The molecular weight excluding hydrogens is 241 g/mol. The van der Waals surface area contributed by atoms with Crippen LogP contribution in [0.1, 0.15) is 22.8 Å². The first-order valence-electron chi connectivity index (χ1n) is 6.35. The highest BCUT2D eigenvalue weighted by molar-refractivity contribution is 5.22. The number of hydrogen-bond acceptors (Lipinski definition) is 2. The van der Waals surface area contributed by atoms with Gasteiger partial charge in [-0.25, -0.2) is 4.39 Å². The zero-order chi connectivity index (χ0) is 13.7. The van der Waals surface area contributed by atoms with Crippen molar-refractivity contribution in [3.63, 3.8) is 0 Å². The Kier molecular flexibility index (Phi) is 4.66. The fraction of sp³-hybridized carbons (Fsp3) is 0.250. The van der Waals surface area contributed by atoms with Crippen LogP contribution in [0.4, 0.5) is 4.39 Å². The van der Waals surface area contributed by atoms with E-state index in [1.807, 2.05) is 12.1 Å². The molecule has 2 nitrogen and oxygen atoms in total. The molecule has 0 bridgehead atoms.